The molecule has 8 nitrogen and oxygen atoms in total. The number of hydrogen-bond donors (Lipinski definition) is 1. The van der Waals surface area contributed by atoms with Gasteiger partial charge in [0.05, 0.1) is 27.0 Å². The molecule has 2 aromatic carbocycles. The first kappa shape index (κ1) is 24.8. The minimum absolute atomic E-state index is 0.433. The molecule has 9 heteroatoms. The predicted octanol–water partition coefficient (Wildman–Crippen LogP) is 4.65. The molecule has 0 atom stereocenters. The molecule has 0 saturated carbocycles. The summed E-state index contributed by atoms with van der Waals surface area (Å²) in [7, 11) is 4.52. The summed E-state index contributed by atoms with van der Waals surface area (Å²) >= 11 is 1.30. The van der Waals surface area contributed by atoms with Crippen molar-refractivity contribution in [2.45, 2.75) is 13.8 Å². The highest BCUT2D eigenvalue weighted by atomic mass is 32.1. The number of carbonyl (C=O) groups is 2. The number of nitrogens with one attached hydrogen (secondary N) is 1. The molecule has 178 valence electrons. The number of methoxy groups -OCH3 is 3. The highest BCUT2D eigenvalue weighted by Gasteiger charge is 2.13. The molecule has 34 heavy (non-hydrogen) atoms. The summed E-state index contributed by atoms with van der Waals surface area (Å²) in [5, 5.41) is 4.95. The zero-order valence-electron chi connectivity index (χ0n) is 19.6. The molecular formula is C25H26N2O6S. The third kappa shape index (κ3) is 6.14. The van der Waals surface area contributed by atoms with Crippen molar-refractivity contribution in [2.75, 3.05) is 33.3 Å². The molecule has 0 aliphatic heterocycles. The summed E-state index contributed by atoms with van der Waals surface area (Å²) in [6.45, 7) is 3.66. The first-order valence-corrected chi connectivity index (χ1v) is 11.2. The van der Waals surface area contributed by atoms with Crippen LogP contribution in [0.2, 0.25) is 0 Å². The maximum absolute atomic E-state index is 12.2. The standard InChI is InChI=1S/C25H26N2O6S/c1-15-6-8-18(10-16(15)2)19-14-34-25(26-19)27-22(28)13-33-23(29)9-7-17-11-20(30-3)24(32-5)21(12-17)31-4/h6-12,14H,13H2,1-5H3,(H,26,27,28). The topological polar surface area (TPSA) is 96.0 Å². The Labute approximate surface area is 202 Å². The van der Waals surface area contributed by atoms with Gasteiger partial charge in [0.1, 0.15) is 0 Å². The summed E-state index contributed by atoms with van der Waals surface area (Å²) in [4.78, 5) is 28.7. The second-order valence-electron chi connectivity index (χ2n) is 7.28. The second-order valence-corrected chi connectivity index (χ2v) is 8.14. The van der Waals surface area contributed by atoms with Gasteiger partial charge >= 0.3 is 5.97 Å². The molecule has 3 rings (SSSR count). The van der Waals surface area contributed by atoms with Crippen molar-refractivity contribution in [1.82, 2.24) is 4.98 Å². The summed E-state index contributed by atoms with van der Waals surface area (Å²) in [5.74, 6) is 0.217. The van der Waals surface area contributed by atoms with Gasteiger partial charge in [0.25, 0.3) is 5.91 Å². The number of ether oxygens (including phenoxy) is 4. The maximum atomic E-state index is 12.2. The lowest BCUT2D eigenvalue weighted by molar-refractivity contribution is -0.142. The summed E-state index contributed by atoms with van der Waals surface area (Å²) in [5.41, 5.74) is 4.76. The predicted molar refractivity (Wildman–Crippen MR) is 132 cm³/mol. The van der Waals surface area contributed by atoms with Crippen LogP contribution in [0.15, 0.2) is 41.8 Å². The molecular weight excluding hydrogens is 456 g/mol. The van der Waals surface area contributed by atoms with Gasteiger partial charge in [-0.25, -0.2) is 9.78 Å². The van der Waals surface area contributed by atoms with Crippen molar-refractivity contribution in [1.29, 1.82) is 0 Å². The Kier molecular flexibility index (Phi) is 8.26. The molecule has 1 amide bonds. The van der Waals surface area contributed by atoms with Crippen LogP contribution in [0, 0.1) is 13.8 Å². The Balaban J connectivity index is 1.55. The zero-order chi connectivity index (χ0) is 24.7. The van der Waals surface area contributed by atoms with Gasteiger partial charge in [0.2, 0.25) is 5.75 Å². The van der Waals surface area contributed by atoms with Crippen molar-refractivity contribution < 1.29 is 28.5 Å². The van der Waals surface area contributed by atoms with E-state index in [2.05, 4.69) is 16.4 Å². The normalized spacial score (nSPS) is 10.7. The number of thiazole rings is 1. The van der Waals surface area contributed by atoms with Crippen molar-refractivity contribution in [3.05, 3.63) is 58.5 Å². The van der Waals surface area contributed by atoms with E-state index in [1.165, 1.54) is 55.9 Å². The zero-order valence-corrected chi connectivity index (χ0v) is 20.4. The lowest BCUT2D eigenvalue weighted by Crippen LogP contribution is -2.20. The van der Waals surface area contributed by atoms with Crippen LogP contribution in [0.4, 0.5) is 5.13 Å². The van der Waals surface area contributed by atoms with Gasteiger partial charge in [-0.1, -0.05) is 12.1 Å². The van der Waals surface area contributed by atoms with E-state index in [1.54, 1.807) is 12.1 Å². The number of aromatic nitrogens is 1. The Morgan fingerprint density at radius 3 is 2.32 bits per heavy atom. The van der Waals surface area contributed by atoms with Gasteiger partial charge in [0.15, 0.2) is 23.2 Å². The largest absolute Gasteiger partial charge is 0.493 e. The Morgan fingerprint density at radius 1 is 1.00 bits per heavy atom. The fourth-order valence-corrected chi connectivity index (χ4v) is 3.80. The second kappa shape index (κ2) is 11.3. The summed E-state index contributed by atoms with van der Waals surface area (Å²) < 4.78 is 20.9. The van der Waals surface area contributed by atoms with Crippen LogP contribution in [-0.4, -0.2) is 44.8 Å². The quantitative estimate of drug-likeness (QED) is 0.350. The highest BCUT2D eigenvalue weighted by molar-refractivity contribution is 7.14. The molecule has 0 fully saturated rings. The van der Waals surface area contributed by atoms with E-state index >= 15 is 0 Å². The Bertz CT molecular complexity index is 1190. The van der Waals surface area contributed by atoms with Gasteiger partial charge in [0, 0.05) is 17.0 Å². The molecule has 0 unspecified atom stereocenters. The van der Waals surface area contributed by atoms with E-state index in [0.29, 0.717) is 27.9 Å². The van der Waals surface area contributed by atoms with Crippen molar-refractivity contribution >= 4 is 34.4 Å². The van der Waals surface area contributed by atoms with Gasteiger partial charge in [-0.05, 0) is 54.8 Å². The van der Waals surface area contributed by atoms with E-state index in [9.17, 15) is 9.59 Å². The smallest absolute Gasteiger partial charge is 0.331 e. The van der Waals surface area contributed by atoms with Gasteiger partial charge in [-0.2, -0.15) is 0 Å². The molecule has 3 aromatic rings. The molecule has 0 aliphatic rings. The van der Waals surface area contributed by atoms with E-state index in [0.717, 1.165) is 11.3 Å². The van der Waals surface area contributed by atoms with E-state index < -0.39 is 18.5 Å². The van der Waals surface area contributed by atoms with E-state index in [-0.39, 0.29) is 0 Å². The fraction of sp³-hybridized carbons (Fsp3) is 0.240. The van der Waals surface area contributed by atoms with Crippen LogP contribution in [0.1, 0.15) is 16.7 Å². The average molecular weight is 483 g/mol. The van der Waals surface area contributed by atoms with Crippen LogP contribution >= 0.6 is 11.3 Å². The number of benzene rings is 2. The number of rotatable bonds is 9. The Hall–Kier alpha value is -3.85. The number of amides is 1. The minimum Gasteiger partial charge on any atom is -0.493 e. The monoisotopic (exact) mass is 482 g/mol. The van der Waals surface area contributed by atoms with Gasteiger partial charge in [-0.15, -0.1) is 11.3 Å². The first-order chi connectivity index (χ1) is 16.3. The van der Waals surface area contributed by atoms with Crippen LogP contribution in [0.25, 0.3) is 17.3 Å². The van der Waals surface area contributed by atoms with Gasteiger partial charge < -0.3 is 18.9 Å². The third-order valence-corrected chi connectivity index (χ3v) is 5.76. The molecule has 1 N–H and O–H groups in total. The first-order valence-electron chi connectivity index (χ1n) is 10.3. The summed E-state index contributed by atoms with van der Waals surface area (Å²) in [6.07, 6.45) is 2.75. The van der Waals surface area contributed by atoms with Gasteiger partial charge in [-0.3, -0.25) is 10.1 Å². The molecule has 0 spiro atoms. The third-order valence-electron chi connectivity index (χ3n) is 5.00. The van der Waals surface area contributed by atoms with Crippen LogP contribution in [0.5, 0.6) is 17.2 Å². The molecule has 0 radical (unpaired) electrons. The molecule has 0 bridgehead atoms. The Morgan fingerprint density at radius 2 is 1.71 bits per heavy atom. The van der Waals surface area contributed by atoms with Crippen LogP contribution in [0.3, 0.4) is 0 Å². The van der Waals surface area contributed by atoms with Crippen LogP contribution < -0.4 is 19.5 Å². The van der Waals surface area contributed by atoms with Crippen molar-refractivity contribution in [3.8, 4) is 28.5 Å². The lowest BCUT2D eigenvalue weighted by Gasteiger charge is -2.12. The number of esters is 1. The van der Waals surface area contributed by atoms with Crippen molar-refractivity contribution in [3.63, 3.8) is 0 Å². The van der Waals surface area contributed by atoms with Crippen LogP contribution in [-0.2, 0) is 14.3 Å². The SMILES string of the molecule is COc1cc(C=CC(=O)OCC(=O)Nc2nc(-c3ccc(C)c(C)c3)cs2)cc(OC)c1OC. The molecule has 1 heterocycles. The number of aryl methyl sites for hydroxylation is 2. The van der Waals surface area contributed by atoms with E-state index in [4.69, 9.17) is 18.9 Å². The number of anilines is 1. The fourth-order valence-electron chi connectivity index (χ4n) is 3.07. The van der Waals surface area contributed by atoms with E-state index in [1.807, 2.05) is 31.4 Å². The number of hydrogen-bond acceptors (Lipinski definition) is 8. The highest BCUT2D eigenvalue weighted by Crippen LogP contribution is 2.38. The molecule has 1 aromatic heterocycles. The molecule has 0 aliphatic carbocycles. The average Bonchev–Trinajstić information content (AvgIpc) is 3.30. The maximum Gasteiger partial charge on any atom is 0.331 e. The van der Waals surface area contributed by atoms with Crippen molar-refractivity contribution in [2.24, 2.45) is 0 Å². The minimum atomic E-state index is -0.668. The molecule has 0 saturated heterocycles. The number of nitrogens with zero attached hydrogens (tertiary/aromatic N) is 1. The lowest BCUT2D eigenvalue weighted by atomic mass is 10.1. The number of carbonyl (C=O) groups excluding carboxylic acids is 2. The summed E-state index contributed by atoms with van der Waals surface area (Å²) in [6, 6.07) is 9.46.